The fourth-order valence-electron chi connectivity index (χ4n) is 3.07. The number of carbonyl (C=O) groups is 2. The Morgan fingerprint density at radius 1 is 1.14 bits per heavy atom. The van der Waals surface area contributed by atoms with Gasteiger partial charge in [0.05, 0.1) is 30.2 Å². The van der Waals surface area contributed by atoms with Crippen LogP contribution in [0.4, 0.5) is 0 Å². The Labute approximate surface area is 169 Å². The number of benzene rings is 1. The fourth-order valence-corrected chi connectivity index (χ4v) is 3.07. The van der Waals surface area contributed by atoms with Gasteiger partial charge < -0.3 is 9.64 Å². The van der Waals surface area contributed by atoms with E-state index in [2.05, 4.69) is 10.1 Å². The van der Waals surface area contributed by atoms with Crippen molar-refractivity contribution in [1.29, 1.82) is 0 Å². The molecule has 1 amide bonds. The summed E-state index contributed by atoms with van der Waals surface area (Å²) >= 11 is 0. The predicted octanol–water partition coefficient (Wildman–Crippen LogP) is 3.59. The van der Waals surface area contributed by atoms with Crippen LogP contribution in [0.2, 0.25) is 0 Å². The zero-order valence-corrected chi connectivity index (χ0v) is 17.0. The lowest BCUT2D eigenvalue weighted by Crippen LogP contribution is -2.29. The first-order valence-electron chi connectivity index (χ1n) is 9.43. The second-order valence-electron chi connectivity index (χ2n) is 6.70. The van der Waals surface area contributed by atoms with Crippen LogP contribution in [0, 0.1) is 6.92 Å². The number of ether oxygens (including phenoxy) is 1. The Balaban J connectivity index is 1.78. The summed E-state index contributed by atoms with van der Waals surface area (Å²) in [4.78, 5) is 30.6. The highest BCUT2D eigenvalue weighted by atomic mass is 16.5. The number of pyridine rings is 1. The molecule has 0 aliphatic rings. The van der Waals surface area contributed by atoms with E-state index in [1.807, 2.05) is 38.1 Å². The van der Waals surface area contributed by atoms with Crippen LogP contribution in [0.5, 0.6) is 0 Å². The Hall–Kier alpha value is -3.48. The molecule has 1 aromatic carbocycles. The van der Waals surface area contributed by atoms with Crippen molar-refractivity contribution in [2.45, 2.75) is 26.8 Å². The minimum Gasteiger partial charge on any atom is -0.462 e. The Morgan fingerprint density at radius 2 is 1.79 bits per heavy atom. The number of rotatable bonds is 6. The molecular weight excluding hydrogens is 368 g/mol. The van der Waals surface area contributed by atoms with Crippen molar-refractivity contribution in [3.05, 3.63) is 77.4 Å². The molecule has 7 nitrogen and oxygen atoms in total. The van der Waals surface area contributed by atoms with Crippen LogP contribution < -0.4 is 0 Å². The Bertz CT molecular complexity index is 997. The average Bonchev–Trinajstić information content (AvgIpc) is 3.14. The van der Waals surface area contributed by atoms with Gasteiger partial charge in [0.15, 0.2) is 0 Å². The summed E-state index contributed by atoms with van der Waals surface area (Å²) in [6.45, 7) is 5.86. The molecule has 0 aliphatic carbocycles. The van der Waals surface area contributed by atoms with Crippen molar-refractivity contribution < 1.29 is 14.3 Å². The second kappa shape index (κ2) is 8.68. The predicted molar refractivity (Wildman–Crippen MR) is 109 cm³/mol. The monoisotopic (exact) mass is 392 g/mol. The van der Waals surface area contributed by atoms with Gasteiger partial charge in [-0.15, -0.1) is 0 Å². The first kappa shape index (κ1) is 20.3. The van der Waals surface area contributed by atoms with Crippen LogP contribution in [0.1, 0.15) is 51.9 Å². The van der Waals surface area contributed by atoms with Gasteiger partial charge in [-0.2, -0.15) is 5.10 Å². The van der Waals surface area contributed by atoms with E-state index >= 15 is 0 Å². The van der Waals surface area contributed by atoms with Crippen molar-refractivity contribution in [2.75, 3.05) is 13.7 Å². The van der Waals surface area contributed by atoms with E-state index in [-0.39, 0.29) is 11.9 Å². The summed E-state index contributed by atoms with van der Waals surface area (Å²) in [7, 11) is 1.78. The van der Waals surface area contributed by atoms with Gasteiger partial charge in [-0.25, -0.2) is 9.48 Å². The number of carbonyl (C=O) groups excluding carboxylic acids is 2. The van der Waals surface area contributed by atoms with Gasteiger partial charge in [-0.3, -0.25) is 9.78 Å². The van der Waals surface area contributed by atoms with Gasteiger partial charge in [0.25, 0.3) is 5.91 Å². The molecule has 0 saturated carbocycles. The average molecular weight is 392 g/mol. The Morgan fingerprint density at radius 3 is 2.41 bits per heavy atom. The van der Waals surface area contributed by atoms with Gasteiger partial charge in [-0.1, -0.05) is 0 Å². The molecule has 3 aromatic rings. The zero-order chi connectivity index (χ0) is 21.0. The number of amides is 1. The lowest BCUT2D eigenvalue weighted by atomic mass is 10.1. The first-order chi connectivity index (χ1) is 13.9. The third-order valence-electron chi connectivity index (χ3n) is 4.95. The third-order valence-corrected chi connectivity index (χ3v) is 4.95. The normalized spacial score (nSPS) is 11.7. The molecule has 0 N–H and O–H groups in total. The van der Waals surface area contributed by atoms with Gasteiger partial charge >= 0.3 is 5.97 Å². The number of hydrogen-bond acceptors (Lipinski definition) is 5. The number of esters is 1. The molecule has 0 bridgehead atoms. The molecule has 2 heterocycles. The SMILES string of the molecule is CCOC(=O)c1cnn(-c2ccc(C(=O)N(C)C(C)c3ccncc3)cc2)c1C. The second-order valence-corrected chi connectivity index (χ2v) is 6.70. The van der Waals surface area contributed by atoms with E-state index in [0.717, 1.165) is 11.3 Å². The number of aromatic nitrogens is 3. The molecule has 29 heavy (non-hydrogen) atoms. The van der Waals surface area contributed by atoms with Crippen LogP contribution in [0.3, 0.4) is 0 Å². The highest BCUT2D eigenvalue weighted by molar-refractivity contribution is 5.94. The highest BCUT2D eigenvalue weighted by Gasteiger charge is 2.20. The largest absolute Gasteiger partial charge is 0.462 e. The van der Waals surface area contributed by atoms with E-state index in [9.17, 15) is 9.59 Å². The number of nitrogens with zero attached hydrogens (tertiary/aromatic N) is 4. The van der Waals surface area contributed by atoms with Crippen molar-refractivity contribution >= 4 is 11.9 Å². The van der Waals surface area contributed by atoms with Crippen LogP contribution in [-0.4, -0.2) is 45.2 Å². The van der Waals surface area contributed by atoms with Crippen molar-refractivity contribution in [2.24, 2.45) is 0 Å². The molecular formula is C22H24N4O3. The summed E-state index contributed by atoms with van der Waals surface area (Å²) in [6.07, 6.45) is 4.93. The van der Waals surface area contributed by atoms with Crippen LogP contribution in [0.25, 0.3) is 5.69 Å². The molecule has 150 valence electrons. The minimum absolute atomic E-state index is 0.0781. The van der Waals surface area contributed by atoms with Crippen molar-refractivity contribution in [1.82, 2.24) is 19.7 Å². The Kier molecular flexibility index (Phi) is 6.07. The van der Waals surface area contributed by atoms with Crippen LogP contribution >= 0.6 is 0 Å². The molecule has 7 heteroatoms. The maximum absolute atomic E-state index is 12.9. The lowest BCUT2D eigenvalue weighted by Gasteiger charge is -2.25. The van der Waals surface area contributed by atoms with Gasteiger partial charge in [-0.05, 0) is 62.7 Å². The molecule has 0 radical (unpaired) electrons. The van der Waals surface area contributed by atoms with E-state index in [0.29, 0.717) is 23.4 Å². The summed E-state index contributed by atoms with van der Waals surface area (Å²) < 4.78 is 6.70. The maximum Gasteiger partial charge on any atom is 0.341 e. The molecule has 0 aliphatic heterocycles. The van der Waals surface area contributed by atoms with E-state index < -0.39 is 5.97 Å². The minimum atomic E-state index is -0.394. The van der Waals surface area contributed by atoms with Crippen LogP contribution in [0.15, 0.2) is 55.0 Å². The maximum atomic E-state index is 12.9. The number of hydrogen-bond donors (Lipinski definition) is 0. The molecule has 3 rings (SSSR count). The van der Waals surface area contributed by atoms with Crippen molar-refractivity contribution in [3.63, 3.8) is 0 Å². The molecule has 1 atom stereocenters. The third kappa shape index (κ3) is 4.18. The molecule has 0 fully saturated rings. The molecule has 0 saturated heterocycles. The smallest absolute Gasteiger partial charge is 0.341 e. The summed E-state index contributed by atoms with van der Waals surface area (Å²) in [5.41, 5.74) is 3.47. The summed E-state index contributed by atoms with van der Waals surface area (Å²) in [5, 5.41) is 4.28. The zero-order valence-electron chi connectivity index (χ0n) is 17.0. The van der Waals surface area contributed by atoms with E-state index in [4.69, 9.17) is 4.74 Å². The molecule has 2 aromatic heterocycles. The standard InChI is InChI=1S/C22H24N4O3/c1-5-29-22(28)20-14-24-26(16(20)3)19-8-6-18(7-9-19)21(27)25(4)15(2)17-10-12-23-13-11-17/h6-15H,5H2,1-4H3. The lowest BCUT2D eigenvalue weighted by molar-refractivity contribution is 0.0525. The quantitative estimate of drug-likeness (QED) is 0.599. The topological polar surface area (TPSA) is 77.3 Å². The summed E-state index contributed by atoms with van der Waals surface area (Å²) in [5.74, 6) is -0.472. The molecule has 0 spiro atoms. The van der Waals surface area contributed by atoms with Gasteiger partial charge in [0.1, 0.15) is 5.56 Å². The highest BCUT2D eigenvalue weighted by Crippen LogP contribution is 2.21. The fraction of sp³-hybridized carbons (Fsp3) is 0.273. The summed E-state index contributed by atoms with van der Waals surface area (Å²) in [6, 6.07) is 10.9. The van der Waals surface area contributed by atoms with E-state index in [1.54, 1.807) is 48.1 Å². The van der Waals surface area contributed by atoms with Crippen molar-refractivity contribution in [3.8, 4) is 5.69 Å². The van der Waals surface area contributed by atoms with Crippen LogP contribution in [-0.2, 0) is 4.74 Å². The van der Waals surface area contributed by atoms with Gasteiger partial charge in [0.2, 0.25) is 0 Å². The molecule has 1 unspecified atom stereocenters. The van der Waals surface area contributed by atoms with E-state index in [1.165, 1.54) is 6.20 Å². The van der Waals surface area contributed by atoms with Gasteiger partial charge in [0, 0.05) is 25.0 Å². The first-order valence-corrected chi connectivity index (χ1v) is 9.43.